The molecule has 0 unspecified atom stereocenters. The van der Waals surface area contributed by atoms with Crippen LogP contribution in [0.5, 0.6) is 0 Å². The van der Waals surface area contributed by atoms with Crippen LogP contribution in [0.4, 0.5) is 9.18 Å². The molecule has 1 saturated carbocycles. The van der Waals surface area contributed by atoms with Gasteiger partial charge in [-0.3, -0.25) is 4.99 Å². The maximum Gasteiger partial charge on any atom is 0.409 e. The van der Waals surface area contributed by atoms with Gasteiger partial charge in [-0.05, 0) is 57.2 Å². The molecular formula is C22H34FIN4O2. The lowest BCUT2D eigenvalue weighted by Gasteiger charge is -2.41. The Bertz CT molecular complexity index is 702. The van der Waals surface area contributed by atoms with Crippen LogP contribution >= 0.6 is 24.0 Å². The van der Waals surface area contributed by atoms with Gasteiger partial charge in [0.05, 0.1) is 13.2 Å². The highest BCUT2D eigenvalue weighted by Crippen LogP contribution is 2.44. The van der Waals surface area contributed by atoms with Crippen molar-refractivity contribution >= 4 is 36.0 Å². The van der Waals surface area contributed by atoms with Crippen molar-refractivity contribution in [2.24, 2.45) is 4.99 Å². The van der Waals surface area contributed by atoms with Crippen molar-refractivity contribution in [3.8, 4) is 0 Å². The first-order chi connectivity index (χ1) is 14.1. The average Bonchev–Trinajstić information content (AvgIpc) is 2.69. The summed E-state index contributed by atoms with van der Waals surface area (Å²) >= 11 is 0. The number of halogens is 2. The van der Waals surface area contributed by atoms with Gasteiger partial charge in [-0.2, -0.15) is 0 Å². The maximum atomic E-state index is 13.3. The lowest BCUT2D eigenvalue weighted by atomic mass is 9.64. The van der Waals surface area contributed by atoms with E-state index >= 15 is 0 Å². The molecule has 0 aromatic heterocycles. The summed E-state index contributed by atoms with van der Waals surface area (Å²) in [6, 6.07) is 7.16. The Kier molecular flexibility index (Phi) is 9.64. The molecule has 2 aliphatic rings. The molecule has 6 nitrogen and oxygen atoms in total. The zero-order valence-corrected chi connectivity index (χ0v) is 20.3. The molecule has 0 bridgehead atoms. The molecule has 2 N–H and O–H groups in total. The fourth-order valence-electron chi connectivity index (χ4n) is 4.11. The molecule has 1 aromatic carbocycles. The molecule has 8 heteroatoms. The van der Waals surface area contributed by atoms with Gasteiger partial charge in [0.2, 0.25) is 0 Å². The Balaban J connectivity index is 0.00000320. The van der Waals surface area contributed by atoms with Crippen molar-refractivity contribution in [1.82, 2.24) is 15.5 Å². The highest BCUT2D eigenvalue weighted by atomic mass is 127. The minimum Gasteiger partial charge on any atom is -0.450 e. The molecule has 0 spiro atoms. The van der Waals surface area contributed by atoms with Crippen LogP contribution in [0.15, 0.2) is 29.3 Å². The van der Waals surface area contributed by atoms with Gasteiger partial charge in [-0.1, -0.05) is 18.6 Å². The van der Waals surface area contributed by atoms with Crippen molar-refractivity contribution in [2.75, 3.05) is 32.8 Å². The Morgan fingerprint density at radius 2 is 1.90 bits per heavy atom. The summed E-state index contributed by atoms with van der Waals surface area (Å²) < 4.78 is 18.4. The fraction of sp³-hybridized carbons (Fsp3) is 0.636. The van der Waals surface area contributed by atoms with Crippen LogP contribution in [-0.2, 0) is 10.2 Å². The Hall–Kier alpha value is -1.58. The molecule has 1 aliphatic carbocycles. The minimum absolute atomic E-state index is 0. The van der Waals surface area contributed by atoms with E-state index in [0.29, 0.717) is 26.2 Å². The van der Waals surface area contributed by atoms with E-state index in [4.69, 9.17) is 9.73 Å². The van der Waals surface area contributed by atoms with Gasteiger partial charge in [0.25, 0.3) is 0 Å². The molecule has 0 radical (unpaired) electrons. The second-order valence-electron chi connectivity index (χ2n) is 7.94. The fourth-order valence-corrected chi connectivity index (χ4v) is 4.11. The Morgan fingerprint density at radius 3 is 2.43 bits per heavy atom. The Labute approximate surface area is 196 Å². The number of piperidine rings is 1. The average molecular weight is 532 g/mol. The number of hydrogen-bond acceptors (Lipinski definition) is 3. The Morgan fingerprint density at radius 1 is 1.23 bits per heavy atom. The van der Waals surface area contributed by atoms with Crippen molar-refractivity contribution in [1.29, 1.82) is 0 Å². The molecule has 2 fully saturated rings. The zero-order valence-electron chi connectivity index (χ0n) is 18.0. The minimum atomic E-state index is -0.224. The van der Waals surface area contributed by atoms with Gasteiger partial charge >= 0.3 is 6.09 Å². The summed E-state index contributed by atoms with van der Waals surface area (Å²) in [4.78, 5) is 18.5. The van der Waals surface area contributed by atoms with Crippen molar-refractivity contribution < 1.29 is 13.9 Å². The number of ether oxygens (including phenoxy) is 1. The van der Waals surface area contributed by atoms with Gasteiger partial charge in [0.1, 0.15) is 5.82 Å². The number of likely N-dealkylation sites (tertiary alicyclic amines) is 1. The van der Waals surface area contributed by atoms with Crippen LogP contribution in [0.25, 0.3) is 0 Å². The highest BCUT2D eigenvalue weighted by molar-refractivity contribution is 14.0. The number of rotatable bonds is 6. The standard InChI is InChI=1S/C22H33FN4O2.HI/c1-3-24-20(26-19-10-14-27(15-11-19)21(28)29-4-2)25-16-22(12-5-13-22)17-6-8-18(23)9-7-17;/h6-9,19H,3-5,10-16H2,1-2H3,(H2,24,25,26);1H. The van der Waals surface area contributed by atoms with E-state index in [-0.39, 0.29) is 47.3 Å². The first kappa shape index (κ1) is 24.7. The number of benzene rings is 1. The van der Waals surface area contributed by atoms with Crippen LogP contribution in [-0.4, -0.2) is 55.8 Å². The van der Waals surface area contributed by atoms with Crippen LogP contribution in [0, 0.1) is 5.82 Å². The number of carbonyl (C=O) groups is 1. The van der Waals surface area contributed by atoms with E-state index in [1.807, 2.05) is 19.1 Å². The predicted octanol–water partition coefficient (Wildman–Crippen LogP) is 4.04. The number of carbonyl (C=O) groups excluding carboxylic acids is 1. The third kappa shape index (κ3) is 6.21. The number of guanidine groups is 1. The number of hydrogen-bond donors (Lipinski definition) is 2. The second-order valence-corrected chi connectivity index (χ2v) is 7.94. The van der Waals surface area contributed by atoms with Gasteiger partial charge in [0.15, 0.2) is 5.96 Å². The summed E-state index contributed by atoms with van der Waals surface area (Å²) in [6.45, 7) is 7.15. The SMILES string of the molecule is CCNC(=NCC1(c2ccc(F)cc2)CCC1)NC1CCN(C(=O)OCC)CC1.I. The van der Waals surface area contributed by atoms with Crippen LogP contribution in [0.1, 0.15) is 51.5 Å². The summed E-state index contributed by atoms with van der Waals surface area (Å²) in [7, 11) is 0. The molecule has 168 valence electrons. The number of amides is 1. The molecular weight excluding hydrogens is 498 g/mol. The molecule has 1 saturated heterocycles. The number of nitrogens with one attached hydrogen (secondary N) is 2. The lowest BCUT2D eigenvalue weighted by Crippen LogP contribution is -2.50. The second kappa shape index (κ2) is 11.7. The quantitative estimate of drug-likeness (QED) is 0.330. The van der Waals surface area contributed by atoms with Gasteiger partial charge < -0.3 is 20.3 Å². The van der Waals surface area contributed by atoms with Crippen molar-refractivity contribution in [3.63, 3.8) is 0 Å². The summed E-state index contributed by atoms with van der Waals surface area (Å²) in [5, 5.41) is 6.87. The monoisotopic (exact) mass is 532 g/mol. The smallest absolute Gasteiger partial charge is 0.409 e. The van der Waals surface area contributed by atoms with E-state index in [1.54, 1.807) is 17.0 Å². The van der Waals surface area contributed by atoms with E-state index in [1.165, 1.54) is 12.0 Å². The van der Waals surface area contributed by atoms with Gasteiger partial charge in [-0.15, -0.1) is 24.0 Å². The molecule has 1 aromatic rings. The molecule has 1 aliphatic heterocycles. The maximum absolute atomic E-state index is 13.3. The van der Waals surface area contributed by atoms with Crippen LogP contribution in [0.3, 0.4) is 0 Å². The largest absolute Gasteiger partial charge is 0.450 e. The van der Waals surface area contributed by atoms with Gasteiger partial charge in [-0.25, -0.2) is 9.18 Å². The van der Waals surface area contributed by atoms with Crippen molar-refractivity contribution in [3.05, 3.63) is 35.6 Å². The molecule has 0 atom stereocenters. The topological polar surface area (TPSA) is 66.0 Å². The summed E-state index contributed by atoms with van der Waals surface area (Å²) in [6.07, 6.45) is 4.86. The van der Waals surface area contributed by atoms with E-state index in [2.05, 4.69) is 17.6 Å². The third-order valence-corrected chi connectivity index (χ3v) is 6.01. The van der Waals surface area contributed by atoms with Gasteiger partial charge in [0, 0.05) is 31.1 Å². The molecule has 1 heterocycles. The van der Waals surface area contributed by atoms with E-state index in [9.17, 15) is 9.18 Å². The lowest BCUT2D eigenvalue weighted by molar-refractivity contribution is 0.0963. The first-order valence-corrected chi connectivity index (χ1v) is 10.8. The molecule has 3 rings (SSSR count). The van der Waals surface area contributed by atoms with E-state index in [0.717, 1.165) is 38.2 Å². The zero-order chi connectivity index (χ0) is 20.7. The first-order valence-electron chi connectivity index (χ1n) is 10.8. The highest BCUT2D eigenvalue weighted by Gasteiger charge is 2.38. The molecule has 30 heavy (non-hydrogen) atoms. The molecule has 1 amide bonds. The number of aliphatic imine (C=N–C) groups is 1. The summed E-state index contributed by atoms with van der Waals surface area (Å²) in [5.41, 5.74) is 1.19. The van der Waals surface area contributed by atoms with Crippen LogP contribution < -0.4 is 10.6 Å². The van der Waals surface area contributed by atoms with E-state index < -0.39 is 0 Å². The number of nitrogens with zero attached hydrogens (tertiary/aromatic N) is 2. The van der Waals surface area contributed by atoms with Crippen molar-refractivity contribution in [2.45, 2.75) is 57.4 Å². The third-order valence-electron chi connectivity index (χ3n) is 6.01. The normalized spacial score (nSPS) is 18.8. The summed E-state index contributed by atoms with van der Waals surface area (Å²) in [5.74, 6) is 0.617. The predicted molar refractivity (Wildman–Crippen MR) is 128 cm³/mol. The van der Waals surface area contributed by atoms with Crippen LogP contribution in [0.2, 0.25) is 0 Å².